The summed E-state index contributed by atoms with van der Waals surface area (Å²) in [4.78, 5) is 18.5. The number of ether oxygens (including phenoxy) is 2. The Morgan fingerprint density at radius 2 is 2.00 bits per heavy atom. The second-order valence-corrected chi connectivity index (χ2v) is 10.1. The van der Waals surface area contributed by atoms with Gasteiger partial charge in [-0.05, 0) is 73.2 Å². The van der Waals surface area contributed by atoms with E-state index in [1.54, 1.807) is 0 Å². The molecule has 36 heavy (non-hydrogen) atoms. The van der Waals surface area contributed by atoms with Crippen molar-refractivity contribution in [3.05, 3.63) is 64.3 Å². The summed E-state index contributed by atoms with van der Waals surface area (Å²) in [7, 11) is 0. The van der Waals surface area contributed by atoms with Crippen LogP contribution < -0.4 is 10.1 Å². The van der Waals surface area contributed by atoms with Gasteiger partial charge in [-0.1, -0.05) is 37.6 Å². The number of rotatable bonds is 11. The van der Waals surface area contributed by atoms with Crippen LogP contribution in [0.1, 0.15) is 49.6 Å². The maximum atomic E-state index is 13.1. The number of unbranched alkanes of at least 4 members (excludes halogenated alkanes) is 1. The molecule has 0 bridgehead atoms. The van der Waals surface area contributed by atoms with E-state index in [-0.39, 0.29) is 24.7 Å². The van der Waals surface area contributed by atoms with Gasteiger partial charge in [0, 0.05) is 34.7 Å². The van der Waals surface area contributed by atoms with Gasteiger partial charge in [0.1, 0.15) is 11.8 Å². The van der Waals surface area contributed by atoms with E-state index in [1.807, 2.05) is 61.2 Å². The molecule has 1 aliphatic rings. The average molecular weight is 514 g/mol. The third-order valence-corrected chi connectivity index (χ3v) is 6.60. The molecule has 0 radical (unpaired) electrons. The van der Waals surface area contributed by atoms with Crippen LogP contribution in [0.3, 0.4) is 0 Å². The molecular weight excluding hydrogens is 478 g/mol. The first-order chi connectivity index (χ1) is 17.5. The Bertz CT molecular complexity index is 1150. The number of nitrogens with one attached hydrogen (secondary N) is 2. The molecule has 7 nitrogen and oxygen atoms in total. The number of carbonyl (C=O) groups is 1. The monoisotopic (exact) mass is 513 g/mol. The van der Waals surface area contributed by atoms with Gasteiger partial charge in [-0.3, -0.25) is 4.90 Å². The van der Waals surface area contributed by atoms with Crippen molar-refractivity contribution in [1.29, 1.82) is 0 Å². The zero-order chi connectivity index (χ0) is 25.5. The molecule has 1 aliphatic heterocycles. The number of hydrogen-bond donors (Lipinski definition) is 3. The van der Waals surface area contributed by atoms with Crippen LogP contribution in [-0.4, -0.2) is 60.5 Å². The minimum atomic E-state index is -0.300. The molecule has 3 aromatic rings. The van der Waals surface area contributed by atoms with E-state index in [4.69, 9.17) is 26.2 Å². The molecule has 0 spiro atoms. The van der Waals surface area contributed by atoms with Crippen molar-refractivity contribution >= 4 is 28.6 Å². The summed E-state index contributed by atoms with van der Waals surface area (Å²) in [5.74, 6) is 1.07. The highest BCUT2D eigenvalue weighted by Crippen LogP contribution is 2.39. The largest absolute Gasteiger partial charge is 0.494 e. The molecule has 2 heterocycles. The number of H-pyrrole nitrogens is 1. The van der Waals surface area contributed by atoms with Crippen molar-refractivity contribution in [2.75, 3.05) is 39.5 Å². The lowest BCUT2D eigenvalue weighted by atomic mass is 9.92. The van der Waals surface area contributed by atoms with Crippen LogP contribution in [0.2, 0.25) is 5.02 Å². The maximum absolute atomic E-state index is 13.1. The van der Waals surface area contributed by atoms with Crippen molar-refractivity contribution in [2.24, 2.45) is 5.92 Å². The van der Waals surface area contributed by atoms with Crippen LogP contribution in [-0.2, 0) is 11.2 Å². The van der Waals surface area contributed by atoms with E-state index in [0.717, 1.165) is 53.7 Å². The third kappa shape index (κ3) is 6.33. The van der Waals surface area contributed by atoms with E-state index in [0.29, 0.717) is 31.3 Å². The van der Waals surface area contributed by atoms with E-state index < -0.39 is 0 Å². The highest BCUT2D eigenvalue weighted by Gasteiger charge is 2.35. The number of hydrogen-bond acceptors (Lipinski definition) is 5. The molecule has 4 rings (SSSR count). The Labute approximate surface area is 217 Å². The van der Waals surface area contributed by atoms with Crippen molar-refractivity contribution in [3.63, 3.8) is 0 Å². The molecule has 0 aliphatic carbocycles. The Morgan fingerprint density at radius 1 is 1.19 bits per heavy atom. The molecule has 0 saturated heterocycles. The maximum Gasteiger partial charge on any atom is 0.410 e. The topological polar surface area (TPSA) is 86.8 Å². The Kier molecular flexibility index (Phi) is 9.13. The summed E-state index contributed by atoms with van der Waals surface area (Å²) in [6.45, 7) is 7.29. The number of aromatic nitrogens is 1. The van der Waals surface area contributed by atoms with Gasteiger partial charge in [-0.2, -0.15) is 0 Å². The second-order valence-electron chi connectivity index (χ2n) is 9.62. The van der Waals surface area contributed by atoms with Gasteiger partial charge in [0.25, 0.3) is 0 Å². The lowest BCUT2D eigenvalue weighted by molar-refractivity contribution is 0.0797. The van der Waals surface area contributed by atoms with Gasteiger partial charge in [0.15, 0.2) is 0 Å². The van der Waals surface area contributed by atoms with E-state index >= 15 is 0 Å². The molecule has 0 fully saturated rings. The Hall–Kier alpha value is -2.74. The highest BCUT2D eigenvalue weighted by molar-refractivity contribution is 6.31. The Balaban J connectivity index is 1.53. The van der Waals surface area contributed by atoms with Crippen LogP contribution in [0.25, 0.3) is 10.9 Å². The molecule has 1 unspecified atom stereocenters. The number of aliphatic hydroxyl groups is 1. The summed E-state index contributed by atoms with van der Waals surface area (Å²) in [6.07, 6.45) is 2.35. The van der Waals surface area contributed by atoms with E-state index in [9.17, 15) is 4.79 Å². The molecule has 194 valence electrons. The number of benzene rings is 2. The third-order valence-electron chi connectivity index (χ3n) is 6.36. The van der Waals surface area contributed by atoms with Crippen molar-refractivity contribution in [3.8, 4) is 5.75 Å². The molecule has 3 N–H and O–H groups in total. The number of amides is 1. The highest BCUT2D eigenvalue weighted by atomic mass is 35.5. The zero-order valence-electron chi connectivity index (χ0n) is 21.1. The summed E-state index contributed by atoms with van der Waals surface area (Å²) >= 11 is 6.30. The Morgan fingerprint density at radius 3 is 2.75 bits per heavy atom. The number of nitrogens with zero attached hydrogens (tertiary/aromatic N) is 1. The van der Waals surface area contributed by atoms with Crippen molar-refractivity contribution in [1.82, 2.24) is 15.2 Å². The van der Waals surface area contributed by atoms with Gasteiger partial charge >= 0.3 is 6.09 Å². The molecule has 1 atom stereocenters. The van der Waals surface area contributed by atoms with Gasteiger partial charge < -0.3 is 24.9 Å². The zero-order valence-corrected chi connectivity index (χ0v) is 21.8. The van der Waals surface area contributed by atoms with Crippen molar-refractivity contribution < 1.29 is 19.4 Å². The normalized spacial score (nSPS) is 15.4. The van der Waals surface area contributed by atoms with E-state index in [1.165, 1.54) is 5.56 Å². The summed E-state index contributed by atoms with van der Waals surface area (Å²) in [5.41, 5.74) is 4.21. The molecule has 0 saturated carbocycles. The minimum Gasteiger partial charge on any atom is -0.494 e. The first-order valence-corrected chi connectivity index (χ1v) is 13.1. The summed E-state index contributed by atoms with van der Waals surface area (Å²) in [6, 6.07) is 13.6. The van der Waals surface area contributed by atoms with Crippen LogP contribution in [0.4, 0.5) is 4.79 Å². The minimum absolute atomic E-state index is 0.157. The summed E-state index contributed by atoms with van der Waals surface area (Å²) in [5, 5.41) is 13.8. The first kappa shape index (κ1) is 26.3. The van der Waals surface area contributed by atoms with Crippen LogP contribution in [0.5, 0.6) is 5.75 Å². The van der Waals surface area contributed by atoms with E-state index in [2.05, 4.69) is 10.3 Å². The predicted molar refractivity (Wildman–Crippen MR) is 143 cm³/mol. The number of halogens is 1. The standard InChI is InChI=1S/C28H36ClN3O4/c1-19(2)18-36-28(34)32-14-11-23-24-17-21(29)7-10-25(24)31-26(23)27(32)20-5-8-22(9-6-20)35-16-4-3-12-30-13-15-33/h5-10,17,19,27,30-31,33H,3-4,11-16,18H2,1-2H3. The molecular formula is C28H36ClN3O4. The van der Waals surface area contributed by atoms with Crippen LogP contribution in [0.15, 0.2) is 42.5 Å². The smallest absolute Gasteiger partial charge is 0.410 e. The molecule has 1 amide bonds. The number of aromatic amines is 1. The molecule has 1 aromatic heterocycles. The lowest BCUT2D eigenvalue weighted by Crippen LogP contribution is -2.41. The quantitative estimate of drug-likeness (QED) is 0.303. The first-order valence-electron chi connectivity index (χ1n) is 12.8. The molecule has 2 aromatic carbocycles. The average Bonchev–Trinajstić information content (AvgIpc) is 3.24. The number of carbonyl (C=O) groups excluding carboxylic acids is 1. The fourth-order valence-electron chi connectivity index (χ4n) is 4.62. The molecule has 8 heteroatoms. The predicted octanol–water partition coefficient (Wildman–Crippen LogP) is 5.30. The van der Waals surface area contributed by atoms with Crippen LogP contribution in [0, 0.1) is 5.92 Å². The SMILES string of the molecule is CC(C)COC(=O)N1CCc2c([nH]c3ccc(Cl)cc23)C1c1ccc(OCCCCNCCO)cc1. The fraction of sp³-hybridized carbons (Fsp3) is 0.464. The summed E-state index contributed by atoms with van der Waals surface area (Å²) < 4.78 is 11.6. The fourth-order valence-corrected chi connectivity index (χ4v) is 4.79. The van der Waals surface area contributed by atoms with Crippen LogP contribution >= 0.6 is 11.6 Å². The lowest BCUT2D eigenvalue weighted by Gasteiger charge is -2.35. The van der Waals surface area contributed by atoms with Crippen molar-refractivity contribution in [2.45, 2.75) is 39.2 Å². The van der Waals surface area contributed by atoms with Gasteiger partial charge in [-0.15, -0.1) is 0 Å². The second kappa shape index (κ2) is 12.5. The number of aliphatic hydroxyl groups excluding tert-OH is 1. The van der Waals surface area contributed by atoms with Gasteiger partial charge in [0.05, 0.1) is 19.8 Å². The number of fused-ring (bicyclic) bond motifs is 3. The van der Waals surface area contributed by atoms with Gasteiger partial charge in [0.2, 0.25) is 0 Å². The van der Waals surface area contributed by atoms with Gasteiger partial charge in [-0.25, -0.2) is 4.79 Å².